The van der Waals surface area contributed by atoms with E-state index in [2.05, 4.69) is 22.0 Å². The number of rotatable bonds is 1. The van der Waals surface area contributed by atoms with Gasteiger partial charge in [0.15, 0.2) is 5.65 Å². The number of aromatic nitrogens is 3. The van der Waals surface area contributed by atoms with Crippen molar-refractivity contribution in [3.63, 3.8) is 0 Å². The molecule has 3 rings (SSSR count). The largest absolute Gasteiger partial charge is 0.384 e. The van der Waals surface area contributed by atoms with E-state index in [1.165, 1.54) is 19.3 Å². The predicted octanol–water partition coefficient (Wildman–Crippen LogP) is 1.47. The fourth-order valence-electron chi connectivity index (χ4n) is 2.54. The Morgan fingerprint density at radius 3 is 3.06 bits per heavy atom. The highest BCUT2D eigenvalue weighted by molar-refractivity contribution is 5.46. The molecule has 1 aliphatic heterocycles. The van der Waals surface area contributed by atoms with Gasteiger partial charge in [0, 0.05) is 12.3 Å². The van der Waals surface area contributed by atoms with Crippen LogP contribution in [0.2, 0.25) is 0 Å². The van der Waals surface area contributed by atoms with Gasteiger partial charge in [0.1, 0.15) is 5.82 Å². The van der Waals surface area contributed by atoms with Gasteiger partial charge in [0.25, 0.3) is 0 Å². The number of nitrogen functional groups attached to an aromatic ring is 1. The van der Waals surface area contributed by atoms with Crippen molar-refractivity contribution in [3.8, 4) is 0 Å². The van der Waals surface area contributed by atoms with E-state index >= 15 is 0 Å². The monoisotopic (exact) mass is 231 g/mol. The summed E-state index contributed by atoms with van der Waals surface area (Å²) in [6.45, 7) is 1.14. The molecule has 1 unspecified atom stereocenters. The van der Waals surface area contributed by atoms with E-state index in [0.717, 1.165) is 17.9 Å². The van der Waals surface area contributed by atoms with Crippen molar-refractivity contribution < 1.29 is 0 Å². The Morgan fingerprint density at radius 2 is 2.29 bits per heavy atom. The first kappa shape index (κ1) is 10.5. The Labute approximate surface area is 100 Å². The summed E-state index contributed by atoms with van der Waals surface area (Å²) >= 11 is 0. The van der Waals surface area contributed by atoms with E-state index in [4.69, 9.17) is 5.73 Å². The molecule has 90 valence electrons. The lowest BCUT2D eigenvalue weighted by Gasteiger charge is -2.30. The summed E-state index contributed by atoms with van der Waals surface area (Å²) < 4.78 is 1.72. The third-order valence-corrected chi connectivity index (χ3v) is 3.52. The van der Waals surface area contributed by atoms with Gasteiger partial charge in [-0.1, -0.05) is 6.42 Å². The predicted molar refractivity (Wildman–Crippen MR) is 66.6 cm³/mol. The van der Waals surface area contributed by atoms with Crippen molar-refractivity contribution in [3.05, 3.63) is 24.0 Å². The van der Waals surface area contributed by atoms with E-state index in [-0.39, 0.29) is 0 Å². The second-order valence-corrected chi connectivity index (χ2v) is 4.70. The van der Waals surface area contributed by atoms with Crippen LogP contribution in [0.15, 0.2) is 18.3 Å². The number of nitrogens with zero attached hydrogens (tertiary/aromatic N) is 4. The van der Waals surface area contributed by atoms with Crippen LogP contribution in [0.4, 0.5) is 5.82 Å². The second-order valence-electron chi connectivity index (χ2n) is 4.70. The van der Waals surface area contributed by atoms with Crippen molar-refractivity contribution in [1.82, 2.24) is 19.5 Å². The molecule has 0 aromatic carbocycles. The Morgan fingerprint density at radius 1 is 1.41 bits per heavy atom. The van der Waals surface area contributed by atoms with E-state index < -0.39 is 0 Å². The molecule has 0 aliphatic carbocycles. The summed E-state index contributed by atoms with van der Waals surface area (Å²) in [5.41, 5.74) is 7.79. The number of likely N-dealkylation sites (tertiary alicyclic amines) is 1. The molecule has 1 atom stereocenters. The number of anilines is 1. The third kappa shape index (κ3) is 1.76. The Kier molecular flexibility index (Phi) is 2.48. The Hall–Kier alpha value is -1.62. The first-order valence-corrected chi connectivity index (χ1v) is 6.06. The van der Waals surface area contributed by atoms with Gasteiger partial charge < -0.3 is 5.73 Å². The highest BCUT2D eigenvalue weighted by Crippen LogP contribution is 2.29. The summed E-state index contributed by atoms with van der Waals surface area (Å²) in [5.74, 6) is 0.639. The molecule has 0 radical (unpaired) electrons. The minimum Gasteiger partial charge on any atom is -0.384 e. The summed E-state index contributed by atoms with van der Waals surface area (Å²) in [6, 6.07) is 4.22. The number of hydrogen-bond donors (Lipinski definition) is 1. The van der Waals surface area contributed by atoms with Crippen LogP contribution in [0.1, 0.15) is 31.0 Å². The average Bonchev–Trinajstić information content (AvgIpc) is 2.75. The molecular formula is C12H17N5. The van der Waals surface area contributed by atoms with Crippen molar-refractivity contribution in [2.45, 2.75) is 25.3 Å². The van der Waals surface area contributed by atoms with E-state index in [9.17, 15) is 0 Å². The minimum atomic E-state index is 0.407. The van der Waals surface area contributed by atoms with Gasteiger partial charge in [0.2, 0.25) is 0 Å². The van der Waals surface area contributed by atoms with E-state index in [1.54, 1.807) is 16.8 Å². The first-order valence-electron chi connectivity index (χ1n) is 6.06. The molecule has 2 aromatic rings. The fourth-order valence-corrected chi connectivity index (χ4v) is 2.54. The minimum absolute atomic E-state index is 0.407. The third-order valence-electron chi connectivity index (χ3n) is 3.52. The normalized spacial score (nSPS) is 22.1. The molecule has 5 nitrogen and oxygen atoms in total. The Bertz CT molecular complexity index is 533. The fraction of sp³-hybridized carbons (Fsp3) is 0.500. The maximum atomic E-state index is 5.88. The van der Waals surface area contributed by atoms with Crippen molar-refractivity contribution in [2.75, 3.05) is 19.3 Å². The quantitative estimate of drug-likeness (QED) is 0.807. The van der Waals surface area contributed by atoms with Gasteiger partial charge in [-0.25, -0.2) is 4.98 Å². The summed E-state index contributed by atoms with van der Waals surface area (Å²) in [6.07, 6.45) is 5.44. The lowest BCUT2D eigenvalue weighted by Crippen LogP contribution is -2.29. The van der Waals surface area contributed by atoms with Gasteiger partial charge in [0.05, 0.1) is 11.7 Å². The van der Waals surface area contributed by atoms with Crippen LogP contribution in [0.5, 0.6) is 0 Å². The lowest BCUT2D eigenvalue weighted by atomic mass is 10.0. The molecule has 1 saturated heterocycles. The summed E-state index contributed by atoms with van der Waals surface area (Å²) in [7, 11) is 2.16. The van der Waals surface area contributed by atoms with Crippen LogP contribution in [0, 0.1) is 0 Å². The number of nitrogens with two attached hydrogens (primary N) is 1. The van der Waals surface area contributed by atoms with Crippen LogP contribution >= 0.6 is 0 Å². The number of hydrogen-bond acceptors (Lipinski definition) is 4. The van der Waals surface area contributed by atoms with Gasteiger partial charge in [-0.3, -0.25) is 4.90 Å². The van der Waals surface area contributed by atoms with Gasteiger partial charge in [-0.15, -0.1) is 0 Å². The Balaban J connectivity index is 2.02. The molecule has 2 aromatic heterocycles. The average molecular weight is 231 g/mol. The number of fused-ring (bicyclic) bond motifs is 1. The zero-order valence-electron chi connectivity index (χ0n) is 10.0. The second kappa shape index (κ2) is 4.00. The van der Waals surface area contributed by atoms with Crippen LogP contribution in [0.3, 0.4) is 0 Å². The first-order chi connectivity index (χ1) is 8.25. The van der Waals surface area contributed by atoms with Gasteiger partial charge >= 0.3 is 0 Å². The smallest absolute Gasteiger partial charge is 0.157 e. The topological polar surface area (TPSA) is 59.5 Å². The zero-order valence-corrected chi connectivity index (χ0v) is 10.0. The molecule has 0 amide bonds. The van der Waals surface area contributed by atoms with Crippen molar-refractivity contribution in [1.29, 1.82) is 0 Å². The zero-order chi connectivity index (χ0) is 11.8. The molecule has 3 heterocycles. The maximum absolute atomic E-state index is 5.88. The highest BCUT2D eigenvalue weighted by Gasteiger charge is 2.23. The van der Waals surface area contributed by atoms with Crippen molar-refractivity contribution in [2.24, 2.45) is 0 Å². The van der Waals surface area contributed by atoms with Crippen LogP contribution in [-0.2, 0) is 0 Å². The summed E-state index contributed by atoms with van der Waals surface area (Å²) in [4.78, 5) is 6.65. The van der Waals surface area contributed by atoms with Gasteiger partial charge in [-0.05, 0) is 32.5 Å². The molecule has 1 fully saturated rings. The van der Waals surface area contributed by atoms with Gasteiger partial charge in [-0.2, -0.15) is 9.61 Å². The molecule has 5 heteroatoms. The maximum Gasteiger partial charge on any atom is 0.157 e. The van der Waals surface area contributed by atoms with Crippen LogP contribution in [0.25, 0.3) is 5.65 Å². The molecule has 0 saturated carbocycles. The number of piperidine rings is 1. The van der Waals surface area contributed by atoms with E-state index in [0.29, 0.717) is 11.9 Å². The van der Waals surface area contributed by atoms with Crippen LogP contribution < -0.4 is 5.73 Å². The van der Waals surface area contributed by atoms with Crippen LogP contribution in [-0.4, -0.2) is 33.1 Å². The SMILES string of the molecule is CN1CCCCC1c1cc2nccc(N)n2n1. The highest BCUT2D eigenvalue weighted by atomic mass is 15.3. The summed E-state index contributed by atoms with van der Waals surface area (Å²) in [5, 5.41) is 4.57. The standard InChI is InChI=1S/C12H17N5/c1-16-7-3-2-4-10(16)9-8-12-14-6-5-11(13)17(12)15-9/h5-6,8,10H,2-4,7,13H2,1H3. The lowest BCUT2D eigenvalue weighted by molar-refractivity contribution is 0.183. The molecule has 0 bridgehead atoms. The molecule has 17 heavy (non-hydrogen) atoms. The molecule has 0 spiro atoms. The molecular weight excluding hydrogens is 214 g/mol. The van der Waals surface area contributed by atoms with Crippen molar-refractivity contribution >= 4 is 11.5 Å². The molecule has 1 aliphatic rings. The molecule has 2 N–H and O–H groups in total. The van der Waals surface area contributed by atoms with E-state index in [1.807, 2.05) is 6.07 Å².